The van der Waals surface area contributed by atoms with Gasteiger partial charge in [0.25, 0.3) is 0 Å². The van der Waals surface area contributed by atoms with Crippen LogP contribution in [0.2, 0.25) is 0 Å². The molecule has 1 unspecified atom stereocenters. The van der Waals surface area contributed by atoms with E-state index in [0.717, 1.165) is 4.31 Å². The summed E-state index contributed by atoms with van der Waals surface area (Å²) in [5.74, 6) is -1.12. The molecular weight excluding hydrogens is 505 g/mol. The molecule has 1 heterocycles. The van der Waals surface area contributed by atoms with Gasteiger partial charge in [0.15, 0.2) is 0 Å². The fraction of sp³-hybridized carbons (Fsp3) is 0.136. The topological polar surface area (TPSA) is 104 Å². The first-order valence-corrected chi connectivity index (χ1v) is 11.7. The summed E-state index contributed by atoms with van der Waals surface area (Å²) in [5, 5.41) is 20.0. The average molecular weight is 522 g/mol. The predicted molar refractivity (Wildman–Crippen MR) is 117 cm³/mol. The highest BCUT2D eigenvalue weighted by Crippen LogP contribution is 2.42. The number of phenolic OH excluding ortho intramolecular Hbond substituents is 1. The zero-order chi connectivity index (χ0) is 23.0. The van der Waals surface area contributed by atoms with Crippen molar-refractivity contribution in [3.8, 4) is 17.2 Å². The summed E-state index contributed by atoms with van der Waals surface area (Å²) >= 11 is 3.28. The quantitative estimate of drug-likeness (QED) is 0.513. The van der Waals surface area contributed by atoms with Crippen LogP contribution in [0.5, 0.6) is 17.2 Å². The number of benzene rings is 3. The second kappa shape index (κ2) is 8.53. The molecule has 0 radical (unpaired) electrons. The smallest absolute Gasteiger partial charge is 0.326 e. The van der Waals surface area contributed by atoms with E-state index in [2.05, 4.69) is 15.9 Å². The van der Waals surface area contributed by atoms with E-state index in [1.54, 1.807) is 0 Å². The first-order chi connectivity index (χ1) is 15.2. The second-order valence-corrected chi connectivity index (χ2v) is 9.84. The van der Waals surface area contributed by atoms with Crippen LogP contribution in [0.15, 0.2) is 70.0 Å². The molecule has 0 saturated carbocycles. The lowest BCUT2D eigenvalue weighted by Gasteiger charge is -2.34. The van der Waals surface area contributed by atoms with E-state index in [-0.39, 0.29) is 29.2 Å². The van der Waals surface area contributed by atoms with E-state index in [9.17, 15) is 27.8 Å². The lowest BCUT2D eigenvalue weighted by molar-refractivity contribution is -0.142. The van der Waals surface area contributed by atoms with Crippen LogP contribution in [0.25, 0.3) is 0 Å². The minimum Gasteiger partial charge on any atom is -0.508 e. The maximum absolute atomic E-state index is 13.3. The van der Waals surface area contributed by atoms with Crippen molar-refractivity contribution in [3.05, 3.63) is 82.1 Å². The molecule has 0 spiro atoms. The number of fused-ring (bicyclic) bond motifs is 1. The van der Waals surface area contributed by atoms with Crippen LogP contribution < -0.4 is 4.74 Å². The molecule has 0 saturated heterocycles. The van der Waals surface area contributed by atoms with Gasteiger partial charge in [-0.2, -0.15) is 4.31 Å². The molecule has 7 nitrogen and oxygen atoms in total. The van der Waals surface area contributed by atoms with Crippen LogP contribution in [-0.2, 0) is 21.2 Å². The van der Waals surface area contributed by atoms with Crippen molar-refractivity contribution in [2.24, 2.45) is 0 Å². The summed E-state index contributed by atoms with van der Waals surface area (Å²) in [7, 11) is -4.18. The molecule has 10 heteroatoms. The van der Waals surface area contributed by atoms with Gasteiger partial charge in [-0.3, -0.25) is 4.79 Å². The van der Waals surface area contributed by atoms with E-state index in [4.69, 9.17) is 4.74 Å². The standard InChI is InChI=1S/C22H17BrFNO6S/c23-18-9-10-19(26)17-11-12-25(21(20(17)18)22(27)28)32(29,30)16-7-5-15(6-8-16)31-14-3-1-13(24)2-4-14/h1-10,21,26H,11-12H2,(H,27,28). The maximum atomic E-state index is 13.3. The molecule has 3 aromatic carbocycles. The third-order valence-electron chi connectivity index (χ3n) is 5.14. The minimum atomic E-state index is -4.18. The van der Waals surface area contributed by atoms with E-state index in [1.807, 2.05) is 0 Å². The number of nitrogens with zero attached hydrogens (tertiary/aromatic N) is 1. The van der Waals surface area contributed by atoms with Gasteiger partial charge in [-0.25, -0.2) is 12.8 Å². The second-order valence-electron chi connectivity index (χ2n) is 7.09. The van der Waals surface area contributed by atoms with Gasteiger partial charge in [0.05, 0.1) is 4.90 Å². The summed E-state index contributed by atoms with van der Waals surface area (Å²) < 4.78 is 46.6. The fourth-order valence-electron chi connectivity index (χ4n) is 3.64. The van der Waals surface area contributed by atoms with Crippen molar-refractivity contribution in [3.63, 3.8) is 0 Å². The maximum Gasteiger partial charge on any atom is 0.326 e. The van der Waals surface area contributed by atoms with Crippen molar-refractivity contribution in [1.29, 1.82) is 0 Å². The van der Waals surface area contributed by atoms with Gasteiger partial charge in [0.2, 0.25) is 10.0 Å². The normalized spacial score (nSPS) is 16.4. The first kappa shape index (κ1) is 22.3. The molecule has 1 aliphatic heterocycles. The Morgan fingerprint density at radius 1 is 1.03 bits per heavy atom. The Kier molecular flexibility index (Phi) is 5.93. The van der Waals surface area contributed by atoms with Crippen LogP contribution in [0, 0.1) is 5.82 Å². The van der Waals surface area contributed by atoms with Crippen molar-refractivity contribution in [2.75, 3.05) is 6.54 Å². The zero-order valence-corrected chi connectivity index (χ0v) is 18.8. The highest BCUT2D eigenvalue weighted by molar-refractivity contribution is 9.10. The van der Waals surface area contributed by atoms with E-state index >= 15 is 0 Å². The number of ether oxygens (including phenoxy) is 1. The van der Waals surface area contributed by atoms with E-state index in [0.29, 0.717) is 21.5 Å². The van der Waals surface area contributed by atoms with Gasteiger partial charge in [-0.15, -0.1) is 0 Å². The molecule has 4 rings (SSSR count). The number of sulfonamides is 1. The zero-order valence-electron chi connectivity index (χ0n) is 16.4. The Balaban J connectivity index is 1.66. The molecule has 1 atom stereocenters. The number of carbonyl (C=O) groups is 1. The summed E-state index contributed by atoms with van der Waals surface area (Å²) in [6.07, 6.45) is 0.162. The van der Waals surface area contributed by atoms with Gasteiger partial charge in [-0.05, 0) is 67.1 Å². The minimum absolute atomic E-state index is 0.0752. The van der Waals surface area contributed by atoms with Gasteiger partial charge in [0.1, 0.15) is 29.1 Å². The Hall–Kier alpha value is -2.95. The predicted octanol–water partition coefficient (Wildman–Crippen LogP) is 4.46. The molecule has 2 N–H and O–H groups in total. The number of carboxylic acid groups (broad SMARTS) is 1. The molecule has 1 aliphatic rings. The Labute approximate surface area is 191 Å². The highest BCUT2D eigenvalue weighted by atomic mass is 79.9. The molecule has 3 aromatic rings. The van der Waals surface area contributed by atoms with Crippen LogP contribution >= 0.6 is 15.9 Å². The Bertz CT molecular complexity index is 1280. The van der Waals surface area contributed by atoms with Gasteiger partial charge in [-0.1, -0.05) is 15.9 Å². The monoisotopic (exact) mass is 521 g/mol. The Morgan fingerprint density at radius 2 is 1.62 bits per heavy atom. The number of carboxylic acids is 1. The average Bonchev–Trinajstić information content (AvgIpc) is 2.77. The number of hydrogen-bond acceptors (Lipinski definition) is 5. The highest BCUT2D eigenvalue weighted by Gasteiger charge is 2.42. The van der Waals surface area contributed by atoms with Crippen molar-refractivity contribution in [1.82, 2.24) is 4.31 Å². The Morgan fingerprint density at radius 3 is 2.22 bits per heavy atom. The molecule has 0 aromatic heterocycles. The summed E-state index contributed by atoms with van der Waals surface area (Å²) in [4.78, 5) is 12.0. The number of rotatable bonds is 5. The van der Waals surface area contributed by atoms with E-state index in [1.165, 1.54) is 60.7 Å². The van der Waals surface area contributed by atoms with Crippen molar-refractivity contribution >= 4 is 31.9 Å². The van der Waals surface area contributed by atoms with E-state index < -0.39 is 27.9 Å². The van der Waals surface area contributed by atoms with Gasteiger partial charge < -0.3 is 14.9 Å². The molecule has 32 heavy (non-hydrogen) atoms. The van der Waals surface area contributed by atoms with Gasteiger partial charge >= 0.3 is 5.97 Å². The lowest BCUT2D eigenvalue weighted by Crippen LogP contribution is -2.43. The third kappa shape index (κ3) is 4.08. The molecule has 0 amide bonds. The number of phenols is 1. The molecule has 166 valence electrons. The molecular formula is C22H17BrFNO6S. The third-order valence-corrected chi connectivity index (χ3v) is 7.71. The van der Waals surface area contributed by atoms with Crippen LogP contribution in [0.4, 0.5) is 4.39 Å². The molecule has 0 fully saturated rings. The largest absolute Gasteiger partial charge is 0.508 e. The van der Waals surface area contributed by atoms with Gasteiger partial charge in [0, 0.05) is 22.1 Å². The molecule has 0 bridgehead atoms. The SMILES string of the molecule is O=C(O)C1c2c(Br)ccc(O)c2CCN1S(=O)(=O)c1ccc(Oc2ccc(F)cc2)cc1. The van der Waals surface area contributed by atoms with Crippen LogP contribution in [0.1, 0.15) is 17.2 Å². The number of halogens is 2. The van der Waals surface area contributed by atoms with Crippen LogP contribution in [0.3, 0.4) is 0 Å². The summed E-state index contributed by atoms with van der Waals surface area (Å²) in [6.45, 7) is -0.107. The number of aliphatic carboxylic acids is 1. The summed E-state index contributed by atoms with van der Waals surface area (Å²) in [5.41, 5.74) is 0.616. The number of aromatic hydroxyl groups is 1. The van der Waals surface area contributed by atoms with Crippen molar-refractivity contribution < 1.29 is 32.6 Å². The number of hydrogen-bond donors (Lipinski definition) is 2. The molecule has 0 aliphatic carbocycles. The van der Waals surface area contributed by atoms with Crippen molar-refractivity contribution in [2.45, 2.75) is 17.4 Å². The van der Waals surface area contributed by atoms with Crippen LogP contribution in [-0.4, -0.2) is 35.5 Å². The lowest BCUT2D eigenvalue weighted by atomic mass is 9.93. The first-order valence-electron chi connectivity index (χ1n) is 9.47. The summed E-state index contributed by atoms with van der Waals surface area (Å²) in [6, 6.07) is 12.3. The fourth-order valence-corrected chi connectivity index (χ4v) is 5.78.